The van der Waals surface area contributed by atoms with Crippen molar-refractivity contribution in [2.75, 3.05) is 0 Å². The molecule has 4 rings (SSSR count). The Morgan fingerprint density at radius 1 is 0.900 bits per heavy atom. The topological polar surface area (TPSA) is 80.0 Å². The number of carbonyl (C=O) groups is 1. The van der Waals surface area contributed by atoms with Crippen LogP contribution in [0.5, 0.6) is 0 Å². The zero-order valence-electron chi connectivity index (χ0n) is 16.6. The van der Waals surface area contributed by atoms with Gasteiger partial charge in [0.25, 0.3) is 0 Å². The van der Waals surface area contributed by atoms with Crippen molar-refractivity contribution in [1.29, 1.82) is 0 Å². The number of aryl methyl sites for hydroxylation is 1. The first-order valence-electron chi connectivity index (χ1n) is 9.73. The van der Waals surface area contributed by atoms with E-state index in [1.807, 2.05) is 91.9 Å². The summed E-state index contributed by atoms with van der Waals surface area (Å²) in [5, 5.41) is 14.2. The lowest BCUT2D eigenvalue weighted by Crippen LogP contribution is -2.38. The van der Waals surface area contributed by atoms with E-state index in [0.717, 1.165) is 16.7 Å². The minimum Gasteiger partial charge on any atom is -0.418 e. The van der Waals surface area contributed by atoms with Crippen LogP contribution in [0.2, 0.25) is 0 Å². The lowest BCUT2D eigenvalue weighted by atomic mass is 10.1. The van der Waals surface area contributed by atoms with Crippen LogP contribution in [0.4, 0.5) is 4.79 Å². The van der Waals surface area contributed by atoms with Crippen LogP contribution >= 0.6 is 0 Å². The zero-order valence-corrected chi connectivity index (χ0v) is 16.6. The van der Waals surface area contributed by atoms with Crippen molar-refractivity contribution in [3.63, 3.8) is 0 Å². The molecule has 0 aliphatic carbocycles. The van der Waals surface area contributed by atoms with E-state index >= 15 is 0 Å². The number of nitrogens with one attached hydrogen (secondary N) is 2. The van der Waals surface area contributed by atoms with Crippen LogP contribution in [-0.4, -0.2) is 16.2 Å². The van der Waals surface area contributed by atoms with Crippen LogP contribution in [0.15, 0.2) is 89.3 Å². The van der Waals surface area contributed by atoms with Gasteiger partial charge in [0.2, 0.25) is 11.8 Å². The fraction of sp³-hybridized carbons (Fsp3) is 0.125. The second-order valence-corrected chi connectivity index (χ2v) is 6.97. The van der Waals surface area contributed by atoms with Crippen LogP contribution in [0.3, 0.4) is 0 Å². The largest absolute Gasteiger partial charge is 0.418 e. The monoisotopic (exact) mass is 398 g/mol. The molecule has 0 unspecified atom stereocenters. The SMILES string of the molecule is Cc1ccc(CNC(=O)N[C@@H](c2ccccc2)c2nnc(-c3ccccc3)o2)cc1. The van der Waals surface area contributed by atoms with E-state index in [1.165, 1.54) is 5.56 Å². The summed E-state index contributed by atoms with van der Waals surface area (Å²) < 4.78 is 5.90. The van der Waals surface area contributed by atoms with Crippen LogP contribution in [0.1, 0.15) is 28.6 Å². The Morgan fingerprint density at radius 3 is 2.27 bits per heavy atom. The Balaban J connectivity index is 1.51. The maximum atomic E-state index is 12.6. The molecule has 6 nitrogen and oxygen atoms in total. The molecule has 0 aliphatic heterocycles. The van der Waals surface area contributed by atoms with Crippen molar-refractivity contribution >= 4 is 6.03 Å². The van der Waals surface area contributed by atoms with E-state index < -0.39 is 6.04 Å². The van der Waals surface area contributed by atoms with Crippen molar-refractivity contribution in [3.8, 4) is 11.5 Å². The lowest BCUT2D eigenvalue weighted by Gasteiger charge is -2.16. The molecule has 1 atom stereocenters. The molecular formula is C24H22N4O2. The van der Waals surface area contributed by atoms with E-state index in [1.54, 1.807) is 0 Å². The molecule has 0 radical (unpaired) electrons. The molecule has 2 amide bonds. The van der Waals surface area contributed by atoms with Gasteiger partial charge in [-0.15, -0.1) is 10.2 Å². The number of rotatable bonds is 6. The summed E-state index contributed by atoms with van der Waals surface area (Å²) in [6.45, 7) is 2.45. The number of hydrogen-bond acceptors (Lipinski definition) is 4. The number of hydrogen-bond donors (Lipinski definition) is 2. The van der Waals surface area contributed by atoms with Gasteiger partial charge < -0.3 is 15.1 Å². The van der Waals surface area contributed by atoms with Gasteiger partial charge in [-0.25, -0.2) is 4.79 Å². The Bertz CT molecular complexity index is 1090. The highest BCUT2D eigenvalue weighted by atomic mass is 16.4. The van der Waals surface area contributed by atoms with Gasteiger partial charge in [0.15, 0.2) is 0 Å². The number of benzene rings is 3. The number of urea groups is 1. The smallest absolute Gasteiger partial charge is 0.315 e. The van der Waals surface area contributed by atoms with Gasteiger partial charge in [-0.1, -0.05) is 78.4 Å². The molecule has 6 heteroatoms. The Labute approximate surface area is 175 Å². The maximum Gasteiger partial charge on any atom is 0.315 e. The molecule has 0 bridgehead atoms. The molecule has 1 aromatic heterocycles. The fourth-order valence-electron chi connectivity index (χ4n) is 3.05. The average Bonchev–Trinajstić information content (AvgIpc) is 3.28. The second kappa shape index (κ2) is 9.05. The lowest BCUT2D eigenvalue weighted by molar-refractivity contribution is 0.236. The first-order chi connectivity index (χ1) is 14.7. The summed E-state index contributed by atoms with van der Waals surface area (Å²) in [4.78, 5) is 12.6. The minimum atomic E-state index is -0.561. The molecule has 0 aliphatic rings. The van der Waals surface area contributed by atoms with Crippen LogP contribution < -0.4 is 10.6 Å². The molecule has 0 saturated heterocycles. The third-order valence-corrected chi connectivity index (χ3v) is 4.69. The van der Waals surface area contributed by atoms with E-state index in [0.29, 0.717) is 18.3 Å². The van der Waals surface area contributed by atoms with Gasteiger partial charge in [0.1, 0.15) is 6.04 Å². The number of amides is 2. The second-order valence-electron chi connectivity index (χ2n) is 6.97. The molecule has 0 saturated carbocycles. The van der Waals surface area contributed by atoms with Crippen molar-refractivity contribution in [3.05, 3.63) is 108 Å². The molecule has 1 heterocycles. The Kier molecular flexibility index (Phi) is 5.85. The first-order valence-corrected chi connectivity index (χ1v) is 9.73. The quantitative estimate of drug-likeness (QED) is 0.496. The number of aromatic nitrogens is 2. The summed E-state index contributed by atoms with van der Waals surface area (Å²) in [5.74, 6) is 0.735. The minimum absolute atomic E-state index is 0.316. The highest BCUT2D eigenvalue weighted by molar-refractivity contribution is 5.74. The van der Waals surface area contributed by atoms with Crippen LogP contribution in [0.25, 0.3) is 11.5 Å². The first kappa shape index (κ1) is 19.4. The predicted molar refractivity (Wildman–Crippen MR) is 115 cm³/mol. The van der Waals surface area contributed by atoms with E-state index in [9.17, 15) is 4.79 Å². The zero-order chi connectivity index (χ0) is 20.8. The maximum absolute atomic E-state index is 12.6. The van der Waals surface area contributed by atoms with Crippen molar-refractivity contribution < 1.29 is 9.21 Å². The molecule has 30 heavy (non-hydrogen) atoms. The standard InChI is InChI=1S/C24H22N4O2/c1-17-12-14-18(15-13-17)16-25-24(29)26-21(19-8-4-2-5-9-19)23-28-27-22(30-23)20-10-6-3-7-11-20/h2-15,21H,16H2,1H3,(H2,25,26,29)/t21-/m0/s1. The normalized spacial score (nSPS) is 11.6. The summed E-state index contributed by atoms with van der Waals surface area (Å²) in [5.41, 5.74) is 3.88. The molecule has 150 valence electrons. The van der Waals surface area contributed by atoms with Gasteiger partial charge in [-0.05, 0) is 30.2 Å². The van der Waals surface area contributed by atoms with Gasteiger partial charge in [0.05, 0.1) is 0 Å². The van der Waals surface area contributed by atoms with Crippen molar-refractivity contribution in [1.82, 2.24) is 20.8 Å². The molecule has 0 fully saturated rings. The van der Waals surface area contributed by atoms with Gasteiger partial charge >= 0.3 is 6.03 Å². The molecule has 4 aromatic rings. The average molecular weight is 398 g/mol. The highest BCUT2D eigenvalue weighted by Crippen LogP contribution is 2.24. The molecule has 3 aromatic carbocycles. The molecule has 2 N–H and O–H groups in total. The van der Waals surface area contributed by atoms with E-state index in [4.69, 9.17) is 4.42 Å². The van der Waals surface area contributed by atoms with E-state index in [-0.39, 0.29) is 6.03 Å². The van der Waals surface area contributed by atoms with E-state index in [2.05, 4.69) is 20.8 Å². The molecular weight excluding hydrogens is 376 g/mol. The van der Waals surface area contributed by atoms with Gasteiger partial charge in [0, 0.05) is 12.1 Å². The van der Waals surface area contributed by atoms with Gasteiger partial charge in [-0.2, -0.15) is 0 Å². The Morgan fingerprint density at radius 2 is 1.57 bits per heavy atom. The van der Waals surface area contributed by atoms with Gasteiger partial charge in [-0.3, -0.25) is 0 Å². The summed E-state index contributed by atoms with van der Waals surface area (Å²) in [6, 6.07) is 26.2. The number of carbonyl (C=O) groups excluding carboxylic acids is 1. The number of nitrogens with zero attached hydrogens (tertiary/aromatic N) is 2. The third kappa shape index (κ3) is 4.72. The Hall–Kier alpha value is -3.93. The van der Waals surface area contributed by atoms with Crippen LogP contribution in [0, 0.1) is 6.92 Å². The predicted octanol–water partition coefficient (Wildman–Crippen LogP) is 4.63. The third-order valence-electron chi connectivity index (χ3n) is 4.69. The summed E-state index contributed by atoms with van der Waals surface area (Å²) >= 11 is 0. The van der Waals surface area contributed by atoms with Crippen molar-refractivity contribution in [2.45, 2.75) is 19.5 Å². The summed E-state index contributed by atoms with van der Waals surface area (Å²) in [7, 11) is 0. The highest BCUT2D eigenvalue weighted by Gasteiger charge is 2.23. The molecule has 0 spiro atoms. The van der Waals surface area contributed by atoms with Crippen LogP contribution in [-0.2, 0) is 6.54 Å². The van der Waals surface area contributed by atoms with Crippen molar-refractivity contribution in [2.24, 2.45) is 0 Å². The fourth-order valence-corrected chi connectivity index (χ4v) is 3.05. The summed E-state index contributed by atoms with van der Waals surface area (Å²) in [6.07, 6.45) is 0.